The molecule has 0 atom stereocenters. The van der Waals surface area contributed by atoms with E-state index in [0.29, 0.717) is 22.3 Å². The van der Waals surface area contributed by atoms with Gasteiger partial charge in [-0.15, -0.1) is 12.4 Å². The highest BCUT2D eigenvalue weighted by Gasteiger charge is 2.30. The molecule has 1 aliphatic heterocycles. The van der Waals surface area contributed by atoms with E-state index in [2.05, 4.69) is 27.8 Å². The molecule has 0 saturated carbocycles. The quantitative estimate of drug-likeness (QED) is 0.358. The first-order valence-electron chi connectivity index (χ1n) is 11.8. The molecule has 1 aromatic heterocycles. The van der Waals surface area contributed by atoms with E-state index in [1.807, 2.05) is 6.07 Å². The van der Waals surface area contributed by atoms with Gasteiger partial charge in [0.05, 0.1) is 35.4 Å². The Morgan fingerprint density at radius 2 is 1.87 bits per heavy atom. The van der Waals surface area contributed by atoms with Gasteiger partial charge in [-0.3, -0.25) is 0 Å². The van der Waals surface area contributed by atoms with Crippen LogP contribution in [0.1, 0.15) is 18.5 Å². The number of fused-ring (bicyclic) bond motifs is 1. The van der Waals surface area contributed by atoms with Gasteiger partial charge in [-0.1, -0.05) is 12.0 Å². The van der Waals surface area contributed by atoms with Gasteiger partial charge in [0.25, 0.3) is 0 Å². The van der Waals surface area contributed by atoms with Crippen molar-refractivity contribution in [2.75, 3.05) is 43.6 Å². The molecule has 0 aliphatic carbocycles. The Morgan fingerprint density at radius 3 is 2.53 bits per heavy atom. The van der Waals surface area contributed by atoms with Crippen molar-refractivity contribution in [1.29, 1.82) is 0 Å². The molecule has 2 heterocycles. The van der Waals surface area contributed by atoms with Gasteiger partial charge in [0.15, 0.2) is 9.84 Å². The highest BCUT2D eigenvalue weighted by Crippen LogP contribution is 2.31. The summed E-state index contributed by atoms with van der Waals surface area (Å²) < 4.78 is 70.4. The predicted octanol–water partition coefficient (Wildman–Crippen LogP) is 4.67. The summed E-state index contributed by atoms with van der Waals surface area (Å²) in [6, 6.07) is 11.7. The average molecular weight is 571 g/mol. The number of nitrogens with one attached hydrogen (secondary N) is 3. The van der Waals surface area contributed by atoms with Crippen LogP contribution < -0.4 is 20.7 Å². The van der Waals surface area contributed by atoms with Crippen molar-refractivity contribution in [3.05, 3.63) is 48.2 Å². The van der Waals surface area contributed by atoms with E-state index in [9.17, 15) is 21.6 Å². The summed E-state index contributed by atoms with van der Waals surface area (Å²) in [5.41, 5.74) is 2.04. The molecule has 3 N–H and O–H groups in total. The van der Waals surface area contributed by atoms with Crippen molar-refractivity contribution in [3.63, 3.8) is 0 Å². The molecule has 0 radical (unpaired) electrons. The topological polar surface area (TPSA) is 84.4 Å². The van der Waals surface area contributed by atoms with Crippen LogP contribution in [0, 0.1) is 11.8 Å². The lowest BCUT2D eigenvalue weighted by atomic mass is 10.1. The van der Waals surface area contributed by atoms with Crippen LogP contribution in [0.5, 0.6) is 5.75 Å². The number of ether oxygens (including phenoxy) is 1. The van der Waals surface area contributed by atoms with Gasteiger partial charge in [-0.2, -0.15) is 13.2 Å². The van der Waals surface area contributed by atoms with Crippen LogP contribution in [0.2, 0.25) is 0 Å². The zero-order valence-electron chi connectivity index (χ0n) is 21.0. The van der Waals surface area contributed by atoms with Gasteiger partial charge < -0.3 is 25.3 Å². The predicted molar refractivity (Wildman–Crippen MR) is 146 cm³/mol. The molecule has 206 valence electrons. The third-order valence-corrected chi connectivity index (χ3v) is 7.28. The minimum absolute atomic E-state index is 0. The number of sulfone groups is 1. The van der Waals surface area contributed by atoms with Gasteiger partial charge in [0.2, 0.25) is 0 Å². The number of methoxy groups -OCH3 is 1. The number of aromatic nitrogens is 1. The normalized spacial score (nSPS) is 14.3. The minimum atomic E-state index is -4.41. The summed E-state index contributed by atoms with van der Waals surface area (Å²) >= 11 is 0. The van der Waals surface area contributed by atoms with E-state index in [-0.39, 0.29) is 35.6 Å². The molecule has 1 saturated heterocycles. The number of anilines is 2. The summed E-state index contributed by atoms with van der Waals surface area (Å²) in [6.45, 7) is 0.760. The van der Waals surface area contributed by atoms with Gasteiger partial charge >= 0.3 is 6.18 Å². The Morgan fingerprint density at radius 1 is 1.13 bits per heavy atom. The fraction of sp³-hybridized carbons (Fsp3) is 0.385. The van der Waals surface area contributed by atoms with Gasteiger partial charge in [-0.25, -0.2) is 8.42 Å². The van der Waals surface area contributed by atoms with Crippen LogP contribution in [0.3, 0.4) is 0 Å². The van der Waals surface area contributed by atoms with Crippen LogP contribution >= 0.6 is 12.4 Å². The summed E-state index contributed by atoms with van der Waals surface area (Å²) in [6.07, 6.45) is -1.43. The second kappa shape index (κ2) is 12.2. The van der Waals surface area contributed by atoms with E-state index in [0.717, 1.165) is 37.9 Å². The first-order chi connectivity index (χ1) is 17.5. The third kappa shape index (κ3) is 7.28. The maximum atomic E-state index is 13.4. The molecular formula is C26H30ClF3N4O3S. The minimum Gasteiger partial charge on any atom is -0.495 e. The van der Waals surface area contributed by atoms with Crippen molar-refractivity contribution in [2.45, 2.75) is 36.5 Å². The maximum Gasteiger partial charge on any atom is 0.406 e. The SMILES string of the molecule is COc1cc(S(C)(=O)=O)ccc1NCC#Cc1cc2c(NC3CCNCC3)cccc2n1CC(F)(F)F.Cl. The number of piperidine rings is 1. The van der Waals surface area contributed by atoms with E-state index in [1.54, 1.807) is 24.3 Å². The third-order valence-electron chi connectivity index (χ3n) is 6.17. The van der Waals surface area contributed by atoms with E-state index >= 15 is 0 Å². The van der Waals surface area contributed by atoms with Crippen LogP contribution in [-0.2, 0) is 16.4 Å². The number of benzene rings is 2. The van der Waals surface area contributed by atoms with E-state index in [1.165, 1.54) is 23.8 Å². The molecule has 0 amide bonds. The maximum absolute atomic E-state index is 13.4. The Kier molecular flexibility index (Phi) is 9.46. The summed E-state index contributed by atoms with van der Waals surface area (Å²) in [4.78, 5) is 0.117. The first kappa shape index (κ1) is 29.5. The fourth-order valence-corrected chi connectivity index (χ4v) is 5.01. The van der Waals surface area contributed by atoms with Crippen LogP contribution in [-0.4, -0.2) is 58.2 Å². The summed E-state index contributed by atoms with van der Waals surface area (Å²) in [5, 5.41) is 10.5. The van der Waals surface area contributed by atoms with Crippen molar-refractivity contribution in [1.82, 2.24) is 9.88 Å². The lowest BCUT2D eigenvalue weighted by Gasteiger charge is -2.25. The van der Waals surface area contributed by atoms with E-state index in [4.69, 9.17) is 4.74 Å². The van der Waals surface area contributed by atoms with Crippen LogP contribution in [0.25, 0.3) is 10.9 Å². The number of hydrogen-bond acceptors (Lipinski definition) is 6. The average Bonchev–Trinajstić information content (AvgIpc) is 3.18. The fourth-order valence-electron chi connectivity index (χ4n) is 4.37. The Labute approximate surface area is 226 Å². The summed E-state index contributed by atoms with van der Waals surface area (Å²) in [7, 11) is -1.98. The number of halogens is 4. The standard InChI is InChI=1S/C26H29F3N4O3S.ClH/c1-36-25-16-20(37(2,34)35)8-9-23(25)31-12-4-5-19-15-21-22(32-18-10-13-30-14-11-18)6-3-7-24(21)33(19)17-26(27,28)29;/h3,6-9,15-16,18,30-32H,10-14,17H2,1-2H3;1H. The van der Waals surface area contributed by atoms with Crippen molar-refractivity contribution >= 4 is 44.5 Å². The monoisotopic (exact) mass is 570 g/mol. The Bertz CT molecular complexity index is 1440. The van der Waals surface area contributed by atoms with Crippen molar-refractivity contribution in [3.8, 4) is 17.6 Å². The highest BCUT2D eigenvalue weighted by atomic mass is 35.5. The molecule has 1 aliphatic rings. The largest absolute Gasteiger partial charge is 0.495 e. The molecule has 2 aromatic carbocycles. The Balaban J connectivity index is 0.00000400. The zero-order chi connectivity index (χ0) is 26.6. The lowest BCUT2D eigenvalue weighted by molar-refractivity contribution is -0.140. The molecule has 4 rings (SSSR count). The molecule has 3 aromatic rings. The van der Waals surface area contributed by atoms with E-state index < -0.39 is 22.6 Å². The second-order valence-electron chi connectivity index (χ2n) is 8.93. The first-order valence-corrected chi connectivity index (χ1v) is 13.7. The summed E-state index contributed by atoms with van der Waals surface area (Å²) in [5.74, 6) is 6.08. The molecule has 38 heavy (non-hydrogen) atoms. The molecular weight excluding hydrogens is 541 g/mol. The van der Waals surface area contributed by atoms with Crippen molar-refractivity contribution in [2.24, 2.45) is 0 Å². The smallest absolute Gasteiger partial charge is 0.406 e. The van der Waals surface area contributed by atoms with Crippen LogP contribution in [0.4, 0.5) is 24.5 Å². The Hall–Kier alpha value is -3.07. The second-order valence-corrected chi connectivity index (χ2v) is 10.9. The number of nitrogens with zero attached hydrogens (tertiary/aromatic N) is 1. The number of hydrogen-bond donors (Lipinski definition) is 3. The zero-order valence-corrected chi connectivity index (χ0v) is 22.6. The molecule has 0 spiro atoms. The molecule has 1 fully saturated rings. The van der Waals surface area contributed by atoms with Crippen LogP contribution in [0.15, 0.2) is 47.4 Å². The van der Waals surface area contributed by atoms with Gasteiger partial charge in [0, 0.05) is 29.4 Å². The molecule has 0 unspecified atom stereocenters. The molecule has 0 bridgehead atoms. The molecule has 7 nitrogen and oxygen atoms in total. The lowest BCUT2D eigenvalue weighted by Crippen LogP contribution is -2.35. The van der Waals surface area contributed by atoms with Gasteiger partial charge in [0.1, 0.15) is 12.3 Å². The van der Waals surface area contributed by atoms with Gasteiger partial charge in [-0.05, 0) is 62.2 Å². The number of alkyl halides is 3. The highest BCUT2D eigenvalue weighted by molar-refractivity contribution is 7.90. The molecule has 12 heteroatoms. The van der Waals surface area contributed by atoms with Crippen molar-refractivity contribution < 1.29 is 26.3 Å². The number of rotatable bonds is 7.